The minimum Gasteiger partial charge on any atom is -0.469 e. The first-order valence-electron chi connectivity index (χ1n) is 13.0. The smallest absolute Gasteiger partial charge is 0.305 e. The van der Waals surface area contributed by atoms with E-state index in [9.17, 15) is 19.5 Å². The zero-order chi connectivity index (χ0) is 24.1. The van der Waals surface area contributed by atoms with Crippen molar-refractivity contribution in [3.05, 3.63) is 0 Å². The van der Waals surface area contributed by atoms with E-state index < -0.39 is 5.41 Å². The van der Waals surface area contributed by atoms with Crippen LogP contribution < -0.4 is 0 Å². The average molecular weight is 463 g/mol. The molecule has 1 N–H and O–H groups in total. The lowest BCUT2D eigenvalue weighted by Crippen LogP contribution is -2.61. The van der Waals surface area contributed by atoms with Crippen LogP contribution in [0.2, 0.25) is 0 Å². The highest BCUT2D eigenvalue weighted by Gasteiger charge is 2.66. The third-order valence-corrected chi connectivity index (χ3v) is 10.6. The number of aliphatic hydroxyl groups is 1. The van der Waals surface area contributed by atoms with Gasteiger partial charge >= 0.3 is 11.9 Å². The summed E-state index contributed by atoms with van der Waals surface area (Å²) < 4.78 is 10.8. The van der Waals surface area contributed by atoms with Crippen molar-refractivity contribution in [1.82, 2.24) is 0 Å². The van der Waals surface area contributed by atoms with Gasteiger partial charge in [0.25, 0.3) is 0 Å². The van der Waals surface area contributed by atoms with Crippen LogP contribution in [0.1, 0.15) is 85.5 Å². The van der Waals surface area contributed by atoms with Crippen LogP contribution in [0.4, 0.5) is 0 Å². The van der Waals surface area contributed by atoms with Crippen molar-refractivity contribution < 1.29 is 29.0 Å². The van der Waals surface area contributed by atoms with Crippen molar-refractivity contribution in [1.29, 1.82) is 0 Å². The summed E-state index contributed by atoms with van der Waals surface area (Å²) >= 11 is 0. The lowest BCUT2D eigenvalue weighted by atomic mass is 9.43. The Morgan fingerprint density at radius 2 is 1.88 bits per heavy atom. The normalized spacial score (nSPS) is 45.4. The van der Waals surface area contributed by atoms with E-state index in [4.69, 9.17) is 9.47 Å². The maximum atomic E-state index is 13.9. The van der Waals surface area contributed by atoms with Gasteiger partial charge in [0.2, 0.25) is 0 Å². The van der Waals surface area contributed by atoms with Crippen LogP contribution in [-0.4, -0.2) is 42.1 Å². The van der Waals surface area contributed by atoms with Gasteiger partial charge in [-0.15, -0.1) is 0 Å². The summed E-state index contributed by atoms with van der Waals surface area (Å²) in [6, 6.07) is 0. The Hall–Kier alpha value is -1.43. The highest BCUT2D eigenvalue weighted by atomic mass is 16.5. The fraction of sp³-hybridized carbons (Fsp3) is 0.889. The molecule has 6 nitrogen and oxygen atoms in total. The SMILES string of the molecule is COC(=O)CC[C@@H](C)[C@@H]1CC[C@@H]2[C@@H]3[C@@H](CC(=O)[C@@]21C)[C@@]1(C)CC[C@H](O)C[C@@H]1C[C@H]3OC(C)=O. The molecule has 0 unspecified atom stereocenters. The Bertz CT molecular complexity index is 793. The van der Waals surface area contributed by atoms with Crippen LogP contribution in [0.5, 0.6) is 0 Å². The van der Waals surface area contributed by atoms with E-state index in [2.05, 4.69) is 20.8 Å². The van der Waals surface area contributed by atoms with Crippen LogP contribution in [-0.2, 0) is 23.9 Å². The molecule has 6 heteroatoms. The average Bonchev–Trinajstić information content (AvgIpc) is 3.11. The number of hydrogen-bond donors (Lipinski definition) is 1. The molecule has 4 saturated carbocycles. The molecule has 4 aliphatic carbocycles. The first-order valence-corrected chi connectivity index (χ1v) is 13.0. The second kappa shape index (κ2) is 8.98. The van der Waals surface area contributed by atoms with Gasteiger partial charge in [-0.1, -0.05) is 20.8 Å². The first kappa shape index (κ1) is 24.7. The van der Waals surface area contributed by atoms with Crippen molar-refractivity contribution in [3.63, 3.8) is 0 Å². The minimum absolute atomic E-state index is 0.00607. The number of esters is 2. The van der Waals surface area contributed by atoms with Crippen molar-refractivity contribution in [3.8, 4) is 0 Å². The van der Waals surface area contributed by atoms with Gasteiger partial charge in [0.1, 0.15) is 11.9 Å². The molecule has 0 aromatic carbocycles. The van der Waals surface area contributed by atoms with Crippen LogP contribution >= 0.6 is 0 Å². The third-order valence-electron chi connectivity index (χ3n) is 10.6. The highest BCUT2D eigenvalue weighted by molar-refractivity contribution is 5.87. The van der Waals surface area contributed by atoms with E-state index in [1.165, 1.54) is 14.0 Å². The van der Waals surface area contributed by atoms with Gasteiger partial charge < -0.3 is 14.6 Å². The van der Waals surface area contributed by atoms with E-state index >= 15 is 0 Å². The fourth-order valence-corrected chi connectivity index (χ4v) is 8.82. The van der Waals surface area contributed by atoms with Crippen LogP contribution in [0.25, 0.3) is 0 Å². The Kier molecular flexibility index (Phi) is 6.71. The van der Waals surface area contributed by atoms with Gasteiger partial charge in [0.05, 0.1) is 13.2 Å². The van der Waals surface area contributed by atoms with E-state index in [0.29, 0.717) is 18.6 Å². The molecular formula is C27H42O6. The van der Waals surface area contributed by atoms with E-state index in [1.54, 1.807) is 0 Å². The van der Waals surface area contributed by atoms with Gasteiger partial charge in [0, 0.05) is 31.1 Å². The Morgan fingerprint density at radius 3 is 2.55 bits per heavy atom. The van der Waals surface area contributed by atoms with Crippen molar-refractivity contribution in [2.24, 2.45) is 46.3 Å². The second-order valence-electron chi connectivity index (χ2n) is 12.0. The fourth-order valence-electron chi connectivity index (χ4n) is 8.82. The van der Waals surface area contributed by atoms with Gasteiger partial charge in [-0.2, -0.15) is 0 Å². The molecule has 0 spiro atoms. The number of carbonyl (C=O) groups excluding carboxylic acids is 3. The molecule has 0 bridgehead atoms. The lowest BCUT2D eigenvalue weighted by Gasteiger charge is -2.62. The molecule has 4 aliphatic rings. The van der Waals surface area contributed by atoms with Crippen LogP contribution in [0, 0.1) is 46.3 Å². The number of ether oxygens (including phenoxy) is 2. The molecule has 0 amide bonds. The molecule has 4 fully saturated rings. The van der Waals surface area contributed by atoms with Crippen molar-refractivity contribution in [2.75, 3.05) is 7.11 Å². The predicted octanol–water partition coefficient (Wildman–Crippen LogP) is 4.32. The quantitative estimate of drug-likeness (QED) is 0.612. The van der Waals surface area contributed by atoms with E-state index in [-0.39, 0.29) is 65.1 Å². The molecule has 4 rings (SSSR count). The predicted molar refractivity (Wildman–Crippen MR) is 123 cm³/mol. The number of rotatable bonds is 5. The molecule has 0 aliphatic heterocycles. The molecule has 0 aromatic heterocycles. The number of ketones is 1. The number of fused-ring (bicyclic) bond motifs is 5. The van der Waals surface area contributed by atoms with Crippen LogP contribution in [0.3, 0.4) is 0 Å². The Balaban J connectivity index is 1.65. The lowest BCUT2D eigenvalue weighted by molar-refractivity contribution is -0.194. The Labute approximate surface area is 198 Å². The molecule has 0 saturated heterocycles. The zero-order valence-corrected chi connectivity index (χ0v) is 21.0. The van der Waals surface area contributed by atoms with Crippen LogP contribution in [0.15, 0.2) is 0 Å². The molecule has 10 atom stereocenters. The maximum absolute atomic E-state index is 13.9. The summed E-state index contributed by atoms with van der Waals surface area (Å²) in [5.74, 6) is 1.25. The summed E-state index contributed by atoms with van der Waals surface area (Å²) in [7, 11) is 1.42. The monoisotopic (exact) mass is 462 g/mol. The minimum atomic E-state index is -0.438. The molecule has 33 heavy (non-hydrogen) atoms. The third kappa shape index (κ3) is 4.04. The molecule has 0 heterocycles. The summed E-state index contributed by atoms with van der Waals surface area (Å²) in [5.41, 5.74) is -0.432. The number of aliphatic hydroxyl groups excluding tert-OH is 1. The maximum Gasteiger partial charge on any atom is 0.305 e. The highest BCUT2D eigenvalue weighted by Crippen LogP contribution is 2.67. The Morgan fingerprint density at radius 1 is 1.15 bits per heavy atom. The molecule has 186 valence electrons. The van der Waals surface area contributed by atoms with Gasteiger partial charge in [0.15, 0.2) is 0 Å². The first-order chi connectivity index (χ1) is 15.5. The summed E-state index contributed by atoms with van der Waals surface area (Å²) in [5, 5.41) is 10.4. The van der Waals surface area contributed by atoms with Gasteiger partial charge in [-0.25, -0.2) is 0 Å². The topological polar surface area (TPSA) is 89.9 Å². The van der Waals surface area contributed by atoms with Gasteiger partial charge in [-0.3, -0.25) is 14.4 Å². The van der Waals surface area contributed by atoms with E-state index in [0.717, 1.165) is 44.9 Å². The van der Waals surface area contributed by atoms with Gasteiger partial charge in [-0.05, 0) is 80.0 Å². The summed E-state index contributed by atoms with van der Waals surface area (Å²) in [6.45, 7) is 8.14. The second-order valence-corrected chi connectivity index (χ2v) is 12.0. The molecular weight excluding hydrogens is 420 g/mol. The largest absolute Gasteiger partial charge is 0.469 e. The number of carbonyl (C=O) groups is 3. The molecule has 0 aromatic rings. The number of Topliss-reactive ketones (excluding diaryl/α,β-unsaturated/α-hetero) is 1. The summed E-state index contributed by atoms with van der Waals surface area (Å²) in [6.07, 6.45) is 6.37. The number of hydrogen-bond acceptors (Lipinski definition) is 6. The summed E-state index contributed by atoms with van der Waals surface area (Å²) in [4.78, 5) is 37.7. The zero-order valence-electron chi connectivity index (χ0n) is 21.0. The van der Waals surface area contributed by atoms with Crippen molar-refractivity contribution in [2.45, 2.75) is 97.7 Å². The number of methoxy groups -OCH3 is 1. The molecule has 0 radical (unpaired) electrons. The standard InChI is InChI=1S/C27H42O6/c1-15(6-9-24(31)32-5)19-7-8-20-25-21(14-23(30)27(19,20)4)26(3)11-10-18(29)12-17(26)13-22(25)33-16(2)28/h15,17-22,25,29H,6-14H2,1-5H3/t15-,17-,18+,19+,20-,21-,22-,25-,26+,27-/m1/s1. The van der Waals surface area contributed by atoms with E-state index in [1.807, 2.05) is 0 Å². The van der Waals surface area contributed by atoms with Crippen molar-refractivity contribution >= 4 is 17.7 Å².